The van der Waals surface area contributed by atoms with Crippen LogP contribution < -0.4 is 4.74 Å². The van der Waals surface area contributed by atoms with Crippen molar-refractivity contribution in [2.75, 3.05) is 0 Å². The summed E-state index contributed by atoms with van der Waals surface area (Å²) in [6, 6.07) is 13.8. The Morgan fingerprint density at radius 1 is 1.00 bits per heavy atom. The number of hydrogen-bond acceptors (Lipinski definition) is 1. The number of halogens is 2. The predicted molar refractivity (Wildman–Crippen MR) is 60.6 cm³/mol. The average Bonchev–Trinajstić information content (AvgIpc) is 2.24. The molecule has 0 radical (unpaired) electrons. The maximum Gasteiger partial charge on any atom is 0.166 e. The molecule has 76 valence electrons. The lowest BCUT2D eigenvalue weighted by Crippen LogP contribution is -1.87. The molecule has 0 unspecified atom stereocenters. The molecule has 0 spiro atoms. The van der Waals surface area contributed by atoms with Gasteiger partial charge >= 0.3 is 0 Å². The monoisotopic (exact) mass is 266 g/mol. The van der Waals surface area contributed by atoms with Gasteiger partial charge < -0.3 is 4.74 Å². The molecule has 2 rings (SSSR count). The van der Waals surface area contributed by atoms with Crippen molar-refractivity contribution < 1.29 is 9.13 Å². The second-order valence-corrected chi connectivity index (χ2v) is 3.91. The van der Waals surface area contributed by atoms with Crippen molar-refractivity contribution in [1.29, 1.82) is 0 Å². The lowest BCUT2D eigenvalue weighted by Gasteiger charge is -2.06. The normalized spacial score (nSPS) is 10.0. The van der Waals surface area contributed by atoms with Crippen LogP contribution in [0.5, 0.6) is 11.5 Å². The summed E-state index contributed by atoms with van der Waals surface area (Å²) in [6.07, 6.45) is 0. The molecule has 0 fully saturated rings. The smallest absolute Gasteiger partial charge is 0.166 e. The Hall–Kier alpha value is -1.35. The van der Waals surface area contributed by atoms with Crippen LogP contribution in [0.1, 0.15) is 0 Å². The number of hydrogen-bond donors (Lipinski definition) is 0. The minimum absolute atomic E-state index is 0.226. The van der Waals surface area contributed by atoms with E-state index in [1.165, 1.54) is 6.07 Å². The van der Waals surface area contributed by atoms with Crippen LogP contribution in [0.3, 0.4) is 0 Å². The van der Waals surface area contributed by atoms with E-state index in [1.54, 1.807) is 24.3 Å². The van der Waals surface area contributed by atoms with E-state index >= 15 is 0 Å². The van der Waals surface area contributed by atoms with Gasteiger partial charge in [-0.15, -0.1) is 0 Å². The lowest BCUT2D eigenvalue weighted by atomic mass is 10.3. The third-order valence-corrected chi connectivity index (χ3v) is 2.36. The van der Waals surface area contributed by atoms with E-state index in [4.69, 9.17) is 4.74 Å². The summed E-state index contributed by atoms with van der Waals surface area (Å²) in [5.41, 5.74) is 0. The third kappa shape index (κ3) is 2.57. The topological polar surface area (TPSA) is 9.23 Å². The number of ether oxygens (including phenoxy) is 1. The Morgan fingerprint density at radius 3 is 2.40 bits per heavy atom. The molecule has 1 nitrogen and oxygen atoms in total. The molecule has 0 N–H and O–H groups in total. The highest BCUT2D eigenvalue weighted by atomic mass is 79.9. The molecule has 0 aromatic heterocycles. The molecular weight excluding hydrogens is 259 g/mol. The molecule has 2 aromatic rings. The molecule has 0 amide bonds. The summed E-state index contributed by atoms with van der Waals surface area (Å²) < 4.78 is 19.4. The first-order valence-corrected chi connectivity index (χ1v) is 5.23. The van der Waals surface area contributed by atoms with E-state index < -0.39 is 0 Å². The van der Waals surface area contributed by atoms with E-state index in [1.807, 2.05) is 18.2 Å². The van der Waals surface area contributed by atoms with Gasteiger partial charge in [-0.1, -0.05) is 34.1 Å². The highest BCUT2D eigenvalue weighted by Gasteiger charge is 2.04. The van der Waals surface area contributed by atoms with Crippen molar-refractivity contribution in [3.05, 3.63) is 58.8 Å². The number of rotatable bonds is 2. The van der Waals surface area contributed by atoms with E-state index in [0.29, 0.717) is 10.2 Å². The number of para-hydroxylation sites is 1. The van der Waals surface area contributed by atoms with E-state index in [9.17, 15) is 4.39 Å². The Bertz CT molecular complexity index is 456. The standard InChI is InChI=1S/C12H8BrFO/c13-9-6-7-12(11(14)8-9)15-10-4-2-1-3-5-10/h1-8H. The zero-order chi connectivity index (χ0) is 10.7. The van der Waals surface area contributed by atoms with Gasteiger partial charge in [0.05, 0.1) is 0 Å². The minimum Gasteiger partial charge on any atom is -0.454 e. The van der Waals surface area contributed by atoms with Gasteiger partial charge in [0.1, 0.15) is 5.75 Å². The fraction of sp³-hybridized carbons (Fsp3) is 0. The van der Waals surface area contributed by atoms with E-state index in [0.717, 1.165) is 0 Å². The highest BCUT2D eigenvalue weighted by Crippen LogP contribution is 2.26. The molecule has 0 saturated heterocycles. The van der Waals surface area contributed by atoms with Gasteiger partial charge in [-0.25, -0.2) is 4.39 Å². The van der Waals surface area contributed by atoms with Crippen LogP contribution in [0.15, 0.2) is 53.0 Å². The average molecular weight is 267 g/mol. The maximum atomic E-state index is 13.4. The molecule has 0 saturated carbocycles. The fourth-order valence-electron chi connectivity index (χ4n) is 1.17. The molecule has 0 aliphatic heterocycles. The van der Waals surface area contributed by atoms with Gasteiger partial charge in [0.15, 0.2) is 11.6 Å². The predicted octanol–water partition coefficient (Wildman–Crippen LogP) is 4.38. The van der Waals surface area contributed by atoms with Gasteiger partial charge in [-0.3, -0.25) is 0 Å². The van der Waals surface area contributed by atoms with Crippen LogP contribution in [-0.2, 0) is 0 Å². The Kier molecular flexibility index (Phi) is 3.02. The molecule has 0 bridgehead atoms. The van der Waals surface area contributed by atoms with Gasteiger partial charge in [0.2, 0.25) is 0 Å². The first-order valence-electron chi connectivity index (χ1n) is 4.43. The van der Waals surface area contributed by atoms with Crippen molar-refractivity contribution in [3.63, 3.8) is 0 Å². The highest BCUT2D eigenvalue weighted by molar-refractivity contribution is 9.10. The van der Waals surface area contributed by atoms with Gasteiger partial charge in [0.25, 0.3) is 0 Å². The van der Waals surface area contributed by atoms with Crippen molar-refractivity contribution in [1.82, 2.24) is 0 Å². The Labute approximate surface area is 95.6 Å². The van der Waals surface area contributed by atoms with E-state index in [2.05, 4.69) is 15.9 Å². The molecular formula is C12H8BrFO. The second kappa shape index (κ2) is 4.45. The molecule has 0 aliphatic rings. The minimum atomic E-state index is -0.381. The van der Waals surface area contributed by atoms with Gasteiger partial charge in [0, 0.05) is 4.47 Å². The van der Waals surface area contributed by atoms with Gasteiger partial charge in [-0.2, -0.15) is 0 Å². The Balaban J connectivity index is 2.25. The lowest BCUT2D eigenvalue weighted by molar-refractivity contribution is 0.442. The van der Waals surface area contributed by atoms with Crippen LogP contribution in [0.2, 0.25) is 0 Å². The second-order valence-electron chi connectivity index (χ2n) is 2.99. The van der Waals surface area contributed by atoms with Crippen LogP contribution in [0.25, 0.3) is 0 Å². The summed E-state index contributed by atoms with van der Waals surface area (Å²) in [7, 11) is 0. The Morgan fingerprint density at radius 2 is 1.73 bits per heavy atom. The summed E-state index contributed by atoms with van der Waals surface area (Å²) in [6.45, 7) is 0. The molecule has 2 aromatic carbocycles. The van der Waals surface area contributed by atoms with Gasteiger partial charge in [-0.05, 0) is 30.3 Å². The first kappa shape index (κ1) is 10.2. The van der Waals surface area contributed by atoms with Crippen LogP contribution in [0.4, 0.5) is 4.39 Å². The largest absolute Gasteiger partial charge is 0.454 e. The molecule has 0 heterocycles. The van der Waals surface area contributed by atoms with Crippen molar-refractivity contribution in [2.45, 2.75) is 0 Å². The molecule has 3 heteroatoms. The van der Waals surface area contributed by atoms with Crippen molar-refractivity contribution >= 4 is 15.9 Å². The molecule has 0 atom stereocenters. The maximum absolute atomic E-state index is 13.4. The van der Waals surface area contributed by atoms with E-state index in [-0.39, 0.29) is 11.6 Å². The van der Waals surface area contributed by atoms with Crippen molar-refractivity contribution in [2.24, 2.45) is 0 Å². The molecule has 0 aliphatic carbocycles. The zero-order valence-corrected chi connectivity index (χ0v) is 9.37. The zero-order valence-electron chi connectivity index (χ0n) is 7.78. The third-order valence-electron chi connectivity index (χ3n) is 1.86. The van der Waals surface area contributed by atoms with Crippen LogP contribution in [-0.4, -0.2) is 0 Å². The van der Waals surface area contributed by atoms with Crippen molar-refractivity contribution in [3.8, 4) is 11.5 Å². The summed E-state index contributed by atoms with van der Waals surface area (Å²) >= 11 is 3.19. The number of benzene rings is 2. The summed E-state index contributed by atoms with van der Waals surface area (Å²) in [4.78, 5) is 0. The summed E-state index contributed by atoms with van der Waals surface area (Å²) in [5.74, 6) is 0.469. The van der Waals surface area contributed by atoms with Crippen LogP contribution >= 0.6 is 15.9 Å². The SMILES string of the molecule is Fc1cc(Br)ccc1Oc1ccccc1. The fourth-order valence-corrected chi connectivity index (χ4v) is 1.51. The molecule has 15 heavy (non-hydrogen) atoms. The summed E-state index contributed by atoms with van der Waals surface area (Å²) in [5, 5.41) is 0. The van der Waals surface area contributed by atoms with Crippen LogP contribution in [0, 0.1) is 5.82 Å². The first-order chi connectivity index (χ1) is 7.25. The quantitative estimate of drug-likeness (QED) is 0.784.